The fraction of sp³-hybridized carbons (Fsp3) is 0.385. The summed E-state index contributed by atoms with van der Waals surface area (Å²) in [4.78, 5) is 3.93. The van der Waals surface area contributed by atoms with E-state index in [9.17, 15) is 0 Å². The number of rotatable bonds is 3. The number of benzene rings is 1. The predicted molar refractivity (Wildman–Crippen MR) is 67.9 cm³/mol. The second-order valence-corrected chi connectivity index (χ2v) is 4.40. The van der Waals surface area contributed by atoms with Crippen LogP contribution in [-0.2, 0) is 0 Å². The van der Waals surface area contributed by atoms with Crippen LogP contribution in [0, 0.1) is 0 Å². The lowest BCUT2D eigenvalue weighted by atomic mass is 10.1. The van der Waals surface area contributed by atoms with Crippen molar-refractivity contribution in [1.82, 2.24) is 20.1 Å². The number of ether oxygens (including phenoxy) is 1. The first-order valence-electron chi connectivity index (χ1n) is 6.24. The van der Waals surface area contributed by atoms with Crippen molar-refractivity contribution in [2.45, 2.75) is 18.9 Å². The minimum atomic E-state index is 0.337. The smallest absolute Gasteiger partial charge is 0.138 e. The zero-order valence-corrected chi connectivity index (χ0v) is 10.1. The Balaban J connectivity index is 1.67. The first-order chi connectivity index (χ1) is 8.92. The Kier molecular flexibility index (Phi) is 3.23. The molecule has 1 aromatic heterocycles. The maximum absolute atomic E-state index is 5.94. The highest BCUT2D eigenvalue weighted by Gasteiger charge is 2.14. The second-order valence-electron chi connectivity index (χ2n) is 4.40. The molecule has 0 aliphatic carbocycles. The lowest BCUT2D eigenvalue weighted by Crippen LogP contribution is -2.34. The van der Waals surface area contributed by atoms with Gasteiger partial charge in [-0.1, -0.05) is 0 Å². The molecule has 2 heterocycles. The lowest BCUT2D eigenvalue weighted by Gasteiger charge is -2.23. The highest BCUT2D eigenvalue weighted by Crippen LogP contribution is 2.18. The van der Waals surface area contributed by atoms with Crippen LogP contribution in [0.4, 0.5) is 0 Å². The molecule has 0 unspecified atom stereocenters. The van der Waals surface area contributed by atoms with Gasteiger partial charge in [0, 0.05) is 0 Å². The van der Waals surface area contributed by atoms with Gasteiger partial charge in [0.1, 0.15) is 24.5 Å². The van der Waals surface area contributed by atoms with Gasteiger partial charge in [-0.25, -0.2) is 9.67 Å². The van der Waals surface area contributed by atoms with Gasteiger partial charge < -0.3 is 10.1 Å². The highest BCUT2D eigenvalue weighted by molar-refractivity contribution is 5.36. The number of hydrogen-bond donors (Lipinski definition) is 1. The minimum Gasteiger partial charge on any atom is -0.490 e. The van der Waals surface area contributed by atoms with Crippen LogP contribution in [0.1, 0.15) is 12.8 Å². The van der Waals surface area contributed by atoms with E-state index in [2.05, 4.69) is 15.4 Å². The normalized spacial score (nSPS) is 16.7. The van der Waals surface area contributed by atoms with Crippen LogP contribution in [0.2, 0.25) is 0 Å². The van der Waals surface area contributed by atoms with E-state index < -0.39 is 0 Å². The van der Waals surface area contributed by atoms with Gasteiger partial charge in [0.25, 0.3) is 0 Å². The Bertz CT molecular complexity index is 474. The van der Waals surface area contributed by atoms with E-state index in [0.717, 1.165) is 37.4 Å². The number of aromatic nitrogens is 3. The maximum Gasteiger partial charge on any atom is 0.138 e. The summed E-state index contributed by atoms with van der Waals surface area (Å²) in [6.45, 7) is 2.09. The Hall–Kier alpha value is -1.88. The highest BCUT2D eigenvalue weighted by atomic mass is 16.5. The van der Waals surface area contributed by atoms with Gasteiger partial charge in [0.05, 0.1) is 5.69 Å². The first-order valence-corrected chi connectivity index (χ1v) is 6.24. The van der Waals surface area contributed by atoms with E-state index in [1.807, 2.05) is 24.3 Å². The fourth-order valence-electron chi connectivity index (χ4n) is 2.12. The van der Waals surface area contributed by atoms with Crippen LogP contribution in [-0.4, -0.2) is 34.0 Å². The molecule has 0 spiro atoms. The molecule has 0 atom stereocenters. The van der Waals surface area contributed by atoms with Crippen molar-refractivity contribution in [3.8, 4) is 11.4 Å². The molecule has 2 aromatic rings. The predicted octanol–water partition coefficient (Wildman–Crippen LogP) is 1.40. The van der Waals surface area contributed by atoms with Crippen molar-refractivity contribution in [3.63, 3.8) is 0 Å². The summed E-state index contributed by atoms with van der Waals surface area (Å²) < 4.78 is 7.67. The van der Waals surface area contributed by atoms with Gasteiger partial charge in [-0.2, -0.15) is 5.10 Å². The first kappa shape index (κ1) is 11.2. The number of hydrogen-bond acceptors (Lipinski definition) is 4. The molecule has 1 fully saturated rings. The average Bonchev–Trinajstić information content (AvgIpc) is 2.95. The van der Waals surface area contributed by atoms with Crippen LogP contribution in [0.5, 0.6) is 5.75 Å². The molecule has 1 aliphatic rings. The van der Waals surface area contributed by atoms with Crippen LogP contribution < -0.4 is 10.1 Å². The molecule has 1 saturated heterocycles. The van der Waals surface area contributed by atoms with Crippen LogP contribution in [0.25, 0.3) is 5.69 Å². The Morgan fingerprint density at radius 2 is 1.94 bits per heavy atom. The molecule has 0 saturated carbocycles. The molecule has 3 rings (SSSR count). The molecule has 1 aromatic carbocycles. The minimum absolute atomic E-state index is 0.337. The Labute approximate surface area is 106 Å². The summed E-state index contributed by atoms with van der Waals surface area (Å²) >= 11 is 0. The van der Waals surface area contributed by atoms with E-state index in [-0.39, 0.29) is 0 Å². The van der Waals surface area contributed by atoms with Crippen molar-refractivity contribution in [3.05, 3.63) is 36.9 Å². The maximum atomic E-state index is 5.94. The zero-order valence-electron chi connectivity index (χ0n) is 10.1. The van der Waals surface area contributed by atoms with E-state index >= 15 is 0 Å². The summed E-state index contributed by atoms with van der Waals surface area (Å²) in [5, 5.41) is 7.42. The van der Waals surface area contributed by atoms with Gasteiger partial charge in [0.2, 0.25) is 0 Å². The van der Waals surface area contributed by atoms with E-state index in [0.29, 0.717) is 6.10 Å². The van der Waals surface area contributed by atoms with Gasteiger partial charge >= 0.3 is 0 Å². The van der Waals surface area contributed by atoms with Gasteiger partial charge in [-0.3, -0.25) is 0 Å². The zero-order chi connectivity index (χ0) is 12.2. The molecule has 18 heavy (non-hydrogen) atoms. The monoisotopic (exact) mass is 244 g/mol. The largest absolute Gasteiger partial charge is 0.490 e. The summed E-state index contributed by atoms with van der Waals surface area (Å²) in [7, 11) is 0. The van der Waals surface area contributed by atoms with E-state index in [1.165, 1.54) is 6.33 Å². The third-order valence-corrected chi connectivity index (χ3v) is 3.11. The van der Waals surface area contributed by atoms with Crippen molar-refractivity contribution >= 4 is 0 Å². The fourth-order valence-corrected chi connectivity index (χ4v) is 2.12. The summed E-state index contributed by atoms with van der Waals surface area (Å²) in [6.07, 6.45) is 5.70. The Morgan fingerprint density at radius 1 is 1.17 bits per heavy atom. The van der Waals surface area contributed by atoms with Crippen LogP contribution >= 0.6 is 0 Å². The molecule has 0 radical (unpaired) electrons. The number of piperidine rings is 1. The van der Waals surface area contributed by atoms with E-state index in [4.69, 9.17) is 4.74 Å². The quantitative estimate of drug-likeness (QED) is 0.886. The van der Waals surface area contributed by atoms with Gasteiger partial charge in [-0.15, -0.1) is 0 Å². The standard InChI is InChI=1S/C13H16N4O/c1-3-12(18-13-5-7-14-8-6-13)4-2-11(1)17-10-15-9-16-17/h1-4,9-10,13-14H,5-8H2. The van der Waals surface area contributed by atoms with Crippen molar-refractivity contribution in [2.24, 2.45) is 0 Å². The van der Waals surface area contributed by atoms with Crippen molar-refractivity contribution in [2.75, 3.05) is 13.1 Å². The molecular weight excluding hydrogens is 228 g/mol. The topological polar surface area (TPSA) is 52.0 Å². The molecule has 0 bridgehead atoms. The molecule has 5 heteroatoms. The third kappa shape index (κ3) is 2.51. The van der Waals surface area contributed by atoms with Crippen molar-refractivity contribution in [1.29, 1.82) is 0 Å². The second kappa shape index (κ2) is 5.18. The van der Waals surface area contributed by atoms with Gasteiger partial charge in [0.15, 0.2) is 0 Å². The van der Waals surface area contributed by atoms with Crippen LogP contribution in [0.15, 0.2) is 36.9 Å². The number of nitrogens with zero attached hydrogens (tertiary/aromatic N) is 3. The van der Waals surface area contributed by atoms with Gasteiger partial charge in [-0.05, 0) is 50.2 Å². The third-order valence-electron chi connectivity index (χ3n) is 3.11. The number of nitrogens with one attached hydrogen (secondary N) is 1. The average molecular weight is 244 g/mol. The molecule has 1 aliphatic heterocycles. The summed E-state index contributed by atoms with van der Waals surface area (Å²) in [6, 6.07) is 7.95. The van der Waals surface area contributed by atoms with Crippen molar-refractivity contribution < 1.29 is 4.74 Å². The molecule has 94 valence electrons. The lowest BCUT2D eigenvalue weighted by molar-refractivity contribution is 0.162. The molecule has 1 N–H and O–H groups in total. The SMILES string of the molecule is c1ncn(-c2ccc(OC3CCNCC3)cc2)n1. The molecule has 0 amide bonds. The van der Waals surface area contributed by atoms with Crippen LogP contribution in [0.3, 0.4) is 0 Å². The Morgan fingerprint density at radius 3 is 2.61 bits per heavy atom. The summed E-state index contributed by atoms with van der Waals surface area (Å²) in [5.41, 5.74) is 0.991. The van der Waals surface area contributed by atoms with E-state index in [1.54, 1.807) is 11.0 Å². The molecular formula is C13H16N4O. The summed E-state index contributed by atoms with van der Waals surface area (Å²) in [5.74, 6) is 0.922. The molecule has 5 nitrogen and oxygen atoms in total.